The number of nitrogens with zero attached hydrogens (tertiary/aromatic N) is 1. The van der Waals surface area contributed by atoms with Crippen molar-refractivity contribution in [1.29, 1.82) is 0 Å². The highest BCUT2D eigenvalue weighted by Crippen LogP contribution is 2.23. The van der Waals surface area contributed by atoms with E-state index < -0.39 is 27.3 Å². The fourth-order valence-electron chi connectivity index (χ4n) is 1.73. The number of hydrogen-bond donors (Lipinski definition) is 2. The summed E-state index contributed by atoms with van der Waals surface area (Å²) in [5.74, 6) is -1.82. The van der Waals surface area contributed by atoms with Gasteiger partial charge in [0, 0.05) is 13.6 Å². The van der Waals surface area contributed by atoms with E-state index in [9.17, 15) is 18.3 Å². The number of aromatic hydroxyl groups is 1. The van der Waals surface area contributed by atoms with Gasteiger partial charge in [0.1, 0.15) is 11.3 Å². The second-order valence-electron chi connectivity index (χ2n) is 4.52. The summed E-state index contributed by atoms with van der Waals surface area (Å²) in [5, 5.41) is 18.3. The van der Waals surface area contributed by atoms with E-state index in [0.717, 1.165) is 31.4 Å². The van der Waals surface area contributed by atoms with Crippen LogP contribution >= 0.6 is 0 Å². The molecule has 0 aliphatic heterocycles. The summed E-state index contributed by atoms with van der Waals surface area (Å²) in [6.45, 7) is 2.40. The van der Waals surface area contributed by atoms with Crippen molar-refractivity contribution < 1.29 is 23.4 Å². The Balaban J connectivity index is 3.03. The number of unbranched alkanes of at least 4 members (excludes halogenated alkanes) is 2. The van der Waals surface area contributed by atoms with Gasteiger partial charge in [0.05, 0.1) is 4.90 Å². The number of rotatable bonds is 7. The molecule has 1 aromatic carbocycles. The van der Waals surface area contributed by atoms with Gasteiger partial charge in [-0.1, -0.05) is 19.8 Å². The van der Waals surface area contributed by atoms with Crippen molar-refractivity contribution in [2.45, 2.75) is 31.1 Å². The maximum Gasteiger partial charge on any atom is 0.339 e. The first-order chi connectivity index (χ1) is 9.30. The van der Waals surface area contributed by atoms with Gasteiger partial charge in [0.15, 0.2) is 0 Å². The molecule has 0 aromatic heterocycles. The summed E-state index contributed by atoms with van der Waals surface area (Å²) < 4.78 is 25.7. The van der Waals surface area contributed by atoms with Crippen molar-refractivity contribution in [3.8, 4) is 5.75 Å². The van der Waals surface area contributed by atoms with Crippen LogP contribution in [0.1, 0.15) is 36.5 Å². The van der Waals surface area contributed by atoms with Gasteiger partial charge < -0.3 is 10.2 Å². The highest BCUT2D eigenvalue weighted by molar-refractivity contribution is 7.89. The molecular weight excluding hydrogens is 282 g/mol. The molecule has 6 nitrogen and oxygen atoms in total. The SMILES string of the molecule is CCCCCN(C)S(=O)(=O)c1ccc(O)c(C(=O)O)c1. The molecule has 1 rings (SSSR count). The van der Waals surface area contributed by atoms with Crippen LogP contribution in [0.5, 0.6) is 5.75 Å². The number of carboxylic acid groups (broad SMARTS) is 1. The molecule has 0 bridgehead atoms. The zero-order chi connectivity index (χ0) is 15.3. The van der Waals surface area contributed by atoms with Crippen molar-refractivity contribution in [3.05, 3.63) is 23.8 Å². The lowest BCUT2D eigenvalue weighted by Gasteiger charge is -2.17. The highest BCUT2D eigenvalue weighted by Gasteiger charge is 2.22. The maximum absolute atomic E-state index is 12.3. The number of benzene rings is 1. The van der Waals surface area contributed by atoms with Crippen LogP contribution in [0.3, 0.4) is 0 Å². The summed E-state index contributed by atoms with van der Waals surface area (Å²) in [6, 6.07) is 3.26. The molecule has 0 heterocycles. The summed E-state index contributed by atoms with van der Waals surface area (Å²) >= 11 is 0. The molecule has 0 aliphatic carbocycles. The minimum atomic E-state index is -3.73. The third-order valence-corrected chi connectivity index (χ3v) is 4.84. The predicted molar refractivity (Wildman–Crippen MR) is 74.4 cm³/mol. The van der Waals surface area contributed by atoms with Crippen molar-refractivity contribution in [2.24, 2.45) is 0 Å². The largest absolute Gasteiger partial charge is 0.507 e. The molecule has 20 heavy (non-hydrogen) atoms. The van der Waals surface area contributed by atoms with Crippen LogP contribution in [0.4, 0.5) is 0 Å². The third kappa shape index (κ3) is 3.71. The maximum atomic E-state index is 12.3. The van der Waals surface area contributed by atoms with Crippen LogP contribution < -0.4 is 0 Å². The van der Waals surface area contributed by atoms with Crippen molar-refractivity contribution >= 4 is 16.0 Å². The summed E-state index contributed by atoms with van der Waals surface area (Å²) in [7, 11) is -2.28. The first-order valence-electron chi connectivity index (χ1n) is 6.33. The molecule has 0 fully saturated rings. The first kappa shape index (κ1) is 16.5. The van der Waals surface area contributed by atoms with Gasteiger partial charge in [-0.2, -0.15) is 0 Å². The van der Waals surface area contributed by atoms with Crippen molar-refractivity contribution in [2.75, 3.05) is 13.6 Å². The molecular formula is C13H19NO5S. The zero-order valence-electron chi connectivity index (χ0n) is 11.5. The van der Waals surface area contributed by atoms with E-state index in [1.165, 1.54) is 17.4 Å². The van der Waals surface area contributed by atoms with Crippen molar-refractivity contribution in [1.82, 2.24) is 4.31 Å². The normalized spacial score (nSPS) is 11.8. The quantitative estimate of drug-likeness (QED) is 0.750. The van der Waals surface area contributed by atoms with Gasteiger partial charge in [-0.15, -0.1) is 0 Å². The van der Waals surface area contributed by atoms with Gasteiger partial charge in [-0.05, 0) is 24.6 Å². The number of phenols is 1. The Morgan fingerprint density at radius 1 is 1.30 bits per heavy atom. The van der Waals surface area contributed by atoms with Crippen LogP contribution in [-0.4, -0.2) is 42.5 Å². The smallest absolute Gasteiger partial charge is 0.339 e. The number of sulfonamides is 1. The third-order valence-electron chi connectivity index (χ3n) is 2.98. The number of carbonyl (C=O) groups is 1. The zero-order valence-corrected chi connectivity index (χ0v) is 12.4. The second kappa shape index (κ2) is 6.71. The Labute approximate surface area is 118 Å². The van der Waals surface area contributed by atoms with E-state index in [4.69, 9.17) is 5.11 Å². The standard InChI is InChI=1S/C13H19NO5S/c1-3-4-5-8-14(2)20(18,19)10-6-7-12(15)11(9-10)13(16)17/h6-7,9,15H,3-5,8H2,1-2H3,(H,16,17). The lowest BCUT2D eigenvalue weighted by Crippen LogP contribution is -2.28. The first-order valence-corrected chi connectivity index (χ1v) is 7.77. The topological polar surface area (TPSA) is 94.9 Å². The molecule has 0 saturated carbocycles. The van der Waals surface area contributed by atoms with Crippen LogP contribution in [0.15, 0.2) is 23.1 Å². The van der Waals surface area contributed by atoms with E-state index in [2.05, 4.69) is 0 Å². The molecule has 0 spiro atoms. The monoisotopic (exact) mass is 301 g/mol. The average molecular weight is 301 g/mol. The Morgan fingerprint density at radius 3 is 2.50 bits per heavy atom. The van der Waals surface area contributed by atoms with Crippen molar-refractivity contribution in [3.63, 3.8) is 0 Å². The van der Waals surface area contributed by atoms with Crippen LogP contribution in [-0.2, 0) is 10.0 Å². The predicted octanol–water partition coefficient (Wildman–Crippen LogP) is 1.90. The minimum absolute atomic E-state index is 0.133. The lowest BCUT2D eigenvalue weighted by atomic mass is 10.2. The van der Waals surface area contributed by atoms with Gasteiger partial charge in [0.25, 0.3) is 0 Å². The fourth-order valence-corrected chi connectivity index (χ4v) is 2.97. The molecule has 112 valence electrons. The summed E-state index contributed by atoms with van der Waals surface area (Å²) in [4.78, 5) is 10.8. The van der Waals surface area contributed by atoms with E-state index >= 15 is 0 Å². The van der Waals surface area contributed by atoms with E-state index in [1.54, 1.807) is 0 Å². The fraction of sp³-hybridized carbons (Fsp3) is 0.462. The highest BCUT2D eigenvalue weighted by atomic mass is 32.2. The van der Waals surface area contributed by atoms with Gasteiger partial charge in [-0.3, -0.25) is 0 Å². The van der Waals surface area contributed by atoms with Crippen LogP contribution in [0, 0.1) is 0 Å². The van der Waals surface area contributed by atoms with E-state index in [-0.39, 0.29) is 4.90 Å². The Hall–Kier alpha value is -1.60. The molecule has 0 radical (unpaired) electrons. The van der Waals surface area contributed by atoms with Gasteiger partial charge in [0.2, 0.25) is 10.0 Å². The Kier molecular flexibility index (Phi) is 5.52. The average Bonchev–Trinajstić information content (AvgIpc) is 2.38. The number of aromatic carboxylic acids is 1. The molecule has 2 N–H and O–H groups in total. The molecule has 0 atom stereocenters. The molecule has 0 aliphatic rings. The Bertz CT molecular complexity index is 582. The second-order valence-corrected chi connectivity index (χ2v) is 6.56. The van der Waals surface area contributed by atoms with E-state index in [0.29, 0.717) is 6.54 Å². The number of carboxylic acids is 1. The summed E-state index contributed by atoms with van der Waals surface area (Å²) in [6.07, 6.45) is 2.65. The molecule has 7 heteroatoms. The van der Waals surface area contributed by atoms with E-state index in [1.807, 2.05) is 6.92 Å². The minimum Gasteiger partial charge on any atom is -0.507 e. The van der Waals surface area contributed by atoms with Crippen LogP contribution in [0.25, 0.3) is 0 Å². The van der Waals surface area contributed by atoms with Crippen LogP contribution in [0.2, 0.25) is 0 Å². The molecule has 0 saturated heterocycles. The summed E-state index contributed by atoms with van der Waals surface area (Å²) in [5.41, 5.74) is -0.423. The Morgan fingerprint density at radius 2 is 1.95 bits per heavy atom. The molecule has 1 aromatic rings. The van der Waals surface area contributed by atoms with Gasteiger partial charge in [-0.25, -0.2) is 17.5 Å². The molecule has 0 amide bonds. The molecule has 0 unspecified atom stereocenters. The number of hydrogen-bond acceptors (Lipinski definition) is 4. The lowest BCUT2D eigenvalue weighted by molar-refractivity contribution is 0.0693. The van der Waals surface area contributed by atoms with Gasteiger partial charge >= 0.3 is 5.97 Å².